The first-order valence-electron chi connectivity index (χ1n) is 8.07. The molecule has 0 saturated carbocycles. The number of aryl methyl sites for hydroxylation is 1. The van der Waals surface area contributed by atoms with Crippen molar-refractivity contribution in [3.63, 3.8) is 0 Å². The number of nitrogen functional groups attached to an aromatic ring is 1. The Morgan fingerprint density at radius 3 is 2.64 bits per heavy atom. The highest BCUT2D eigenvalue weighted by atomic mass is 16.3. The number of benzene rings is 1. The molecule has 25 heavy (non-hydrogen) atoms. The third-order valence-electron chi connectivity index (χ3n) is 3.73. The molecule has 0 bridgehead atoms. The Bertz CT molecular complexity index is 874. The van der Waals surface area contributed by atoms with E-state index in [4.69, 9.17) is 10.2 Å². The van der Waals surface area contributed by atoms with E-state index >= 15 is 0 Å². The van der Waals surface area contributed by atoms with Crippen LogP contribution >= 0.6 is 0 Å². The van der Waals surface area contributed by atoms with E-state index in [1.807, 2.05) is 50.2 Å². The molecule has 0 aliphatic heterocycles. The lowest BCUT2D eigenvalue weighted by Crippen LogP contribution is -2.34. The third kappa shape index (κ3) is 4.23. The van der Waals surface area contributed by atoms with E-state index in [0.29, 0.717) is 11.5 Å². The maximum absolute atomic E-state index is 12.5. The van der Waals surface area contributed by atoms with Crippen molar-refractivity contribution in [3.8, 4) is 11.5 Å². The molecule has 0 aliphatic rings. The summed E-state index contributed by atoms with van der Waals surface area (Å²) in [5.41, 5.74) is 7.61. The van der Waals surface area contributed by atoms with Gasteiger partial charge in [0.25, 0.3) is 5.91 Å². The number of hydrogen-bond donors (Lipinski definition) is 2. The Morgan fingerprint density at radius 2 is 1.96 bits per heavy atom. The number of nitrogens with two attached hydrogens (primary N) is 1. The van der Waals surface area contributed by atoms with Crippen LogP contribution in [0.4, 0.5) is 5.95 Å². The molecule has 2 heterocycles. The van der Waals surface area contributed by atoms with Crippen molar-refractivity contribution in [2.24, 2.45) is 0 Å². The van der Waals surface area contributed by atoms with E-state index < -0.39 is 0 Å². The summed E-state index contributed by atoms with van der Waals surface area (Å²) in [6, 6.07) is 15.1. The highest BCUT2D eigenvalue weighted by Gasteiger charge is 2.15. The summed E-state index contributed by atoms with van der Waals surface area (Å²) >= 11 is 0. The number of nitrogens with one attached hydrogen (secondary N) is 1. The summed E-state index contributed by atoms with van der Waals surface area (Å²) < 4.78 is 5.54. The first kappa shape index (κ1) is 16.7. The highest BCUT2D eigenvalue weighted by Crippen LogP contribution is 2.21. The number of rotatable bonds is 5. The average Bonchev–Trinajstić information content (AvgIpc) is 3.01. The fraction of sp³-hybridized carbons (Fsp3) is 0.211. The van der Waals surface area contributed by atoms with Crippen LogP contribution in [0, 0.1) is 6.92 Å². The summed E-state index contributed by atoms with van der Waals surface area (Å²) in [6.45, 7) is 3.79. The van der Waals surface area contributed by atoms with Crippen molar-refractivity contribution in [3.05, 3.63) is 65.5 Å². The van der Waals surface area contributed by atoms with Gasteiger partial charge >= 0.3 is 0 Å². The SMILES string of the molecule is Cc1ccc(-c2cc(C(=O)NC(C)Cc3ccccc3)nc(N)n2)o1. The Labute approximate surface area is 146 Å². The van der Waals surface area contributed by atoms with Gasteiger partial charge in [-0.05, 0) is 44.0 Å². The standard InChI is InChI=1S/C19H20N4O2/c1-12(10-14-6-4-3-5-7-14)21-18(24)16-11-15(22-19(20)23-16)17-9-8-13(2)25-17/h3-9,11-12H,10H2,1-2H3,(H,21,24)(H2,20,22,23). The van der Waals surface area contributed by atoms with Crippen molar-refractivity contribution in [2.75, 3.05) is 5.73 Å². The summed E-state index contributed by atoms with van der Waals surface area (Å²) in [6.07, 6.45) is 0.734. The minimum absolute atomic E-state index is 0.0346. The van der Waals surface area contributed by atoms with E-state index in [9.17, 15) is 4.79 Å². The second-order valence-corrected chi connectivity index (χ2v) is 5.97. The first-order chi connectivity index (χ1) is 12.0. The Kier molecular flexibility index (Phi) is 4.79. The maximum Gasteiger partial charge on any atom is 0.270 e. The zero-order valence-corrected chi connectivity index (χ0v) is 14.2. The number of furan rings is 1. The van der Waals surface area contributed by atoms with Gasteiger partial charge < -0.3 is 15.5 Å². The molecule has 0 aliphatic carbocycles. The van der Waals surface area contributed by atoms with Crippen molar-refractivity contribution in [2.45, 2.75) is 26.3 Å². The molecule has 6 heteroatoms. The van der Waals surface area contributed by atoms with E-state index in [1.54, 1.807) is 12.1 Å². The number of amides is 1. The smallest absolute Gasteiger partial charge is 0.270 e. The van der Waals surface area contributed by atoms with E-state index in [0.717, 1.165) is 17.7 Å². The van der Waals surface area contributed by atoms with Gasteiger partial charge in [-0.25, -0.2) is 9.97 Å². The van der Waals surface area contributed by atoms with Crippen molar-refractivity contribution in [1.82, 2.24) is 15.3 Å². The fourth-order valence-corrected chi connectivity index (χ4v) is 2.60. The lowest BCUT2D eigenvalue weighted by molar-refractivity contribution is 0.0935. The van der Waals surface area contributed by atoms with Crippen LogP contribution in [0.2, 0.25) is 0 Å². The predicted octanol–water partition coefficient (Wildman–Crippen LogP) is 2.99. The first-order valence-corrected chi connectivity index (χ1v) is 8.07. The monoisotopic (exact) mass is 336 g/mol. The quantitative estimate of drug-likeness (QED) is 0.747. The molecule has 0 spiro atoms. The molecule has 0 saturated heterocycles. The molecule has 1 amide bonds. The molecule has 0 fully saturated rings. The second-order valence-electron chi connectivity index (χ2n) is 5.97. The van der Waals surface area contributed by atoms with Crippen LogP contribution in [0.1, 0.15) is 28.7 Å². The minimum atomic E-state index is -0.290. The van der Waals surface area contributed by atoms with Crippen molar-refractivity contribution >= 4 is 11.9 Å². The number of aromatic nitrogens is 2. The topological polar surface area (TPSA) is 94.0 Å². The van der Waals surface area contributed by atoms with Crippen LogP contribution in [0.25, 0.3) is 11.5 Å². The number of anilines is 1. The second kappa shape index (κ2) is 7.17. The molecular formula is C19H20N4O2. The molecule has 128 valence electrons. The normalized spacial score (nSPS) is 11.9. The molecule has 1 aromatic carbocycles. The molecule has 2 aromatic heterocycles. The van der Waals surface area contributed by atoms with Crippen LogP contribution in [-0.4, -0.2) is 21.9 Å². The van der Waals surface area contributed by atoms with Gasteiger partial charge in [0.2, 0.25) is 5.95 Å². The maximum atomic E-state index is 12.5. The van der Waals surface area contributed by atoms with Gasteiger partial charge in [-0.15, -0.1) is 0 Å². The van der Waals surface area contributed by atoms with E-state index in [1.165, 1.54) is 0 Å². The minimum Gasteiger partial charge on any atom is -0.460 e. The molecule has 6 nitrogen and oxygen atoms in total. The molecule has 1 unspecified atom stereocenters. The zero-order chi connectivity index (χ0) is 17.8. The highest BCUT2D eigenvalue weighted by molar-refractivity contribution is 5.93. The number of carbonyl (C=O) groups excluding carboxylic acids is 1. The van der Waals surface area contributed by atoms with Crippen LogP contribution in [0.5, 0.6) is 0 Å². The molecule has 0 radical (unpaired) electrons. The van der Waals surface area contributed by atoms with Gasteiger partial charge in [0.05, 0.1) is 0 Å². The van der Waals surface area contributed by atoms with E-state index in [-0.39, 0.29) is 23.6 Å². The van der Waals surface area contributed by atoms with Crippen LogP contribution in [0.15, 0.2) is 52.9 Å². The van der Waals surface area contributed by atoms with Crippen LogP contribution in [-0.2, 0) is 6.42 Å². The zero-order valence-electron chi connectivity index (χ0n) is 14.2. The molecule has 3 rings (SSSR count). The summed E-state index contributed by atoms with van der Waals surface area (Å²) in [7, 11) is 0. The summed E-state index contributed by atoms with van der Waals surface area (Å²) in [4.78, 5) is 20.7. The summed E-state index contributed by atoms with van der Waals surface area (Å²) in [5.74, 6) is 1.06. The Balaban J connectivity index is 1.74. The van der Waals surface area contributed by atoms with Gasteiger partial charge in [0.1, 0.15) is 17.1 Å². The largest absolute Gasteiger partial charge is 0.460 e. The Hall–Kier alpha value is -3.15. The number of carbonyl (C=O) groups is 1. The molecule has 3 aromatic rings. The van der Waals surface area contributed by atoms with Crippen LogP contribution < -0.4 is 11.1 Å². The average molecular weight is 336 g/mol. The fourth-order valence-electron chi connectivity index (χ4n) is 2.60. The Morgan fingerprint density at radius 1 is 1.20 bits per heavy atom. The van der Waals surface area contributed by atoms with Gasteiger partial charge in [-0.3, -0.25) is 4.79 Å². The van der Waals surface area contributed by atoms with Crippen molar-refractivity contribution < 1.29 is 9.21 Å². The third-order valence-corrected chi connectivity index (χ3v) is 3.73. The number of hydrogen-bond acceptors (Lipinski definition) is 5. The van der Waals surface area contributed by atoms with E-state index in [2.05, 4.69) is 15.3 Å². The van der Waals surface area contributed by atoms with Gasteiger partial charge in [0, 0.05) is 6.04 Å². The van der Waals surface area contributed by atoms with Gasteiger partial charge in [-0.2, -0.15) is 0 Å². The van der Waals surface area contributed by atoms with Gasteiger partial charge in [-0.1, -0.05) is 30.3 Å². The molecule has 3 N–H and O–H groups in total. The van der Waals surface area contributed by atoms with Gasteiger partial charge in [0.15, 0.2) is 5.76 Å². The van der Waals surface area contributed by atoms with Crippen LogP contribution in [0.3, 0.4) is 0 Å². The number of nitrogens with zero attached hydrogens (tertiary/aromatic N) is 2. The lowest BCUT2D eigenvalue weighted by Gasteiger charge is -2.14. The molecular weight excluding hydrogens is 316 g/mol. The summed E-state index contributed by atoms with van der Waals surface area (Å²) in [5, 5.41) is 2.94. The lowest BCUT2D eigenvalue weighted by atomic mass is 10.1. The van der Waals surface area contributed by atoms with Crippen molar-refractivity contribution in [1.29, 1.82) is 0 Å². The predicted molar refractivity (Wildman–Crippen MR) is 96.0 cm³/mol. The molecule has 1 atom stereocenters.